The smallest absolute Gasteiger partial charge is 0.0193 e. The highest BCUT2D eigenvalue weighted by molar-refractivity contribution is 5.14. The third kappa shape index (κ3) is 3.65. The Labute approximate surface area is 92.1 Å². The molecule has 15 heavy (non-hydrogen) atoms. The van der Waals surface area contributed by atoms with Crippen LogP contribution in [0.5, 0.6) is 0 Å². The summed E-state index contributed by atoms with van der Waals surface area (Å²) in [6.45, 7) is 3.42. The molecule has 2 N–H and O–H groups in total. The van der Waals surface area contributed by atoms with Crippen molar-refractivity contribution in [2.24, 2.45) is 0 Å². The Morgan fingerprint density at radius 1 is 1.27 bits per heavy atom. The maximum Gasteiger partial charge on any atom is 0.0193 e. The van der Waals surface area contributed by atoms with Gasteiger partial charge in [0.05, 0.1) is 0 Å². The topological polar surface area (TPSA) is 24.1 Å². The monoisotopic (exact) mass is 204 g/mol. The minimum absolute atomic E-state index is 0.683. The standard InChI is InChI=1S/C13H20N2/c1-2-5-12(6-3-1)8-10-15-13-7-4-9-14-11-13/h1-3,5-6,13-15H,4,7-11H2/t13-/m1/s1. The van der Waals surface area contributed by atoms with Crippen LogP contribution in [-0.4, -0.2) is 25.7 Å². The third-order valence-electron chi connectivity index (χ3n) is 2.99. The Morgan fingerprint density at radius 3 is 2.87 bits per heavy atom. The van der Waals surface area contributed by atoms with Crippen molar-refractivity contribution in [3.8, 4) is 0 Å². The lowest BCUT2D eigenvalue weighted by Gasteiger charge is -2.23. The maximum atomic E-state index is 3.61. The van der Waals surface area contributed by atoms with E-state index in [1.54, 1.807) is 0 Å². The summed E-state index contributed by atoms with van der Waals surface area (Å²) >= 11 is 0. The molecular formula is C13H20N2. The van der Waals surface area contributed by atoms with Crippen molar-refractivity contribution in [2.45, 2.75) is 25.3 Å². The molecule has 1 fully saturated rings. The summed E-state index contributed by atoms with van der Waals surface area (Å²) in [5.74, 6) is 0. The van der Waals surface area contributed by atoms with Gasteiger partial charge >= 0.3 is 0 Å². The van der Waals surface area contributed by atoms with E-state index in [9.17, 15) is 0 Å². The zero-order valence-corrected chi connectivity index (χ0v) is 9.21. The molecule has 2 nitrogen and oxygen atoms in total. The van der Waals surface area contributed by atoms with Crippen LogP contribution in [0.1, 0.15) is 18.4 Å². The van der Waals surface area contributed by atoms with Crippen LogP contribution in [0.3, 0.4) is 0 Å². The molecule has 1 aliphatic rings. The first-order valence-electron chi connectivity index (χ1n) is 5.93. The molecule has 2 rings (SSSR count). The van der Waals surface area contributed by atoms with Crippen molar-refractivity contribution >= 4 is 0 Å². The second-order valence-corrected chi connectivity index (χ2v) is 4.23. The average molecular weight is 204 g/mol. The van der Waals surface area contributed by atoms with Gasteiger partial charge in [0.25, 0.3) is 0 Å². The molecule has 0 bridgehead atoms. The molecule has 0 spiro atoms. The van der Waals surface area contributed by atoms with Gasteiger partial charge in [-0.15, -0.1) is 0 Å². The Kier molecular flexibility index (Phi) is 4.18. The SMILES string of the molecule is c1ccc(CCN[C@@H]2CCCNC2)cc1. The van der Waals surface area contributed by atoms with E-state index < -0.39 is 0 Å². The zero-order valence-electron chi connectivity index (χ0n) is 9.21. The molecule has 1 saturated heterocycles. The summed E-state index contributed by atoms with van der Waals surface area (Å²) in [7, 11) is 0. The molecule has 2 heteroatoms. The fourth-order valence-electron chi connectivity index (χ4n) is 2.09. The lowest BCUT2D eigenvalue weighted by molar-refractivity contribution is 0.392. The summed E-state index contributed by atoms with van der Waals surface area (Å²) in [4.78, 5) is 0. The molecule has 0 radical (unpaired) electrons. The second-order valence-electron chi connectivity index (χ2n) is 4.23. The van der Waals surface area contributed by atoms with Gasteiger partial charge in [-0.3, -0.25) is 0 Å². The fraction of sp³-hybridized carbons (Fsp3) is 0.538. The molecule has 0 aromatic heterocycles. The van der Waals surface area contributed by atoms with E-state index in [0.717, 1.165) is 19.5 Å². The van der Waals surface area contributed by atoms with Crippen molar-refractivity contribution < 1.29 is 0 Å². The minimum atomic E-state index is 0.683. The van der Waals surface area contributed by atoms with Crippen molar-refractivity contribution in [2.75, 3.05) is 19.6 Å². The van der Waals surface area contributed by atoms with Crippen LogP contribution in [0.15, 0.2) is 30.3 Å². The predicted molar refractivity (Wildman–Crippen MR) is 64.0 cm³/mol. The number of hydrogen-bond acceptors (Lipinski definition) is 2. The molecule has 0 unspecified atom stereocenters. The molecule has 0 aliphatic carbocycles. The second kappa shape index (κ2) is 5.89. The molecular weight excluding hydrogens is 184 g/mol. The number of hydrogen-bond donors (Lipinski definition) is 2. The van der Waals surface area contributed by atoms with Gasteiger partial charge < -0.3 is 10.6 Å². The summed E-state index contributed by atoms with van der Waals surface area (Å²) in [6.07, 6.45) is 3.77. The van der Waals surface area contributed by atoms with Crippen molar-refractivity contribution in [1.82, 2.24) is 10.6 Å². The van der Waals surface area contributed by atoms with E-state index >= 15 is 0 Å². The van der Waals surface area contributed by atoms with Crippen molar-refractivity contribution in [3.63, 3.8) is 0 Å². The van der Waals surface area contributed by atoms with E-state index in [1.165, 1.54) is 24.9 Å². The van der Waals surface area contributed by atoms with Crippen LogP contribution < -0.4 is 10.6 Å². The van der Waals surface area contributed by atoms with E-state index in [2.05, 4.69) is 41.0 Å². The van der Waals surface area contributed by atoms with Crippen LogP contribution in [0.25, 0.3) is 0 Å². The van der Waals surface area contributed by atoms with Gasteiger partial charge in [-0.25, -0.2) is 0 Å². The first-order valence-corrected chi connectivity index (χ1v) is 5.93. The van der Waals surface area contributed by atoms with Gasteiger partial charge in [0.2, 0.25) is 0 Å². The van der Waals surface area contributed by atoms with Gasteiger partial charge in [-0.2, -0.15) is 0 Å². The molecule has 1 atom stereocenters. The van der Waals surface area contributed by atoms with Crippen molar-refractivity contribution in [3.05, 3.63) is 35.9 Å². The zero-order chi connectivity index (χ0) is 10.3. The fourth-order valence-corrected chi connectivity index (χ4v) is 2.09. The minimum Gasteiger partial charge on any atom is -0.315 e. The average Bonchev–Trinajstić information content (AvgIpc) is 2.32. The van der Waals surface area contributed by atoms with E-state index in [-0.39, 0.29) is 0 Å². The van der Waals surface area contributed by atoms with Gasteiger partial charge in [0, 0.05) is 12.6 Å². The summed E-state index contributed by atoms with van der Waals surface area (Å²) in [6, 6.07) is 11.4. The Bertz CT molecular complexity index is 265. The highest BCUT2D eigenvalue weighted by Gasteiger charge is 2.10. The summed E-state index contributed by atoms with van der Waals surface area (Å²) in [5.41, 5.74) is 1.42. The molecule has 1 heterocycles. The molecule has 0 saturated carbocycles. The number of nitrogens with one attached hydrogen (secondary N) is 2. The highest BCUT2D eigenvalue weighted by Crippen LogP contribution is 2.02. The summed E-state index contributed by atoms with van der Waals surface area (Å²) < 4.78 is 0. The van der Waals surface area contributed by atoms with Crippen LogP contribution >= 0.6 is 0 Å². The molecule has 1 aromatic rings. The molecule has 0 amide bonds. The largest absolute Gasteiger partial charge is 0.315 e. The first-order chi connectivity index (χ1) is 7.45. The highest BCUT2D eigenvalue weighted by atomic mass is 15.0. The van der Waals surface area contributed by atoms with Gasteiger partial charge in [0.15, 0.2) is 0 Å². The molecule has 82 valence electrons. The van der Waals surface area contributed by atoms with Crippen LogP contribution in [0, 0.1) is 0 Å². The lowest BCUT2D eigenvalue weighted by Crippen LogP contribution is -2.43. The number of benzene rings is 1. The molecule has 1 aromatic carbocycles. The summed E-state index contributed by atoms with van der Waals surface area (Å²) in [5, 5.41) is 7.03. The first kappa shape index (κ1) is 10.7. The quantitative estimate of drug-likeness (QED) is 0.778. The van der Waals surface area contributed by atoms with E-state index in [0.29, 0.717) is 6.04 Å². The Hall–Kier alpha value is -0.860. The van der Waals surface area contributed by atoms with Crippen LogP contribution in [0.2, 0.25) is 0 Å². The maximum absolute atomic E-state index is 3.61. The van der Waals surface area contributed by atoms with Crippen LogP contribution in [0.4, 0.5) is 0 Å². The third-order valence-corrected chi connectivity index (χ3v) is 2.99. The van der Waals surface area contributed by atoms with Gasteiger partial charge in [-0.1, -0.05) is 30.3 Å². The number of piperidine rings is 1. The normalized spacial score (nSPS) is 21.5. The van der Waals surface area contributed by atoms with E-state index in [4.69, 9.17) is 0 Å². The predicted octanol–water partition coefficient (Wildman–Crippen LogP) is 1.57. The van der Waals surface area contributed by atoms with Gasteiger partial charge in [0.1, 0.15) is 0 Å². The Balaban J connectivity index is 1.66. The van der Waals surface area contributed by atoms with E-state index in [1.807, 2.05) is 0 Å². The molecule has 1 aliphatic heterocycles. The van der Waals surface area contributed by atoms with Crippen molar-refractivity contribution in [1.29, 1.82) is 0 Å². The number of rotatable bonds is 4. The lowest BCUT2D eigenvalue weighted by atomic mass is 10.1. The Morgan fingerprint density at radius 2 is 2.13 bits per heavy atom. The van der Waals surface area contributed by atoms with Gasteiger partial charge in [-0.05, 0) is 37.9 Å². The van der Waals surface area contributed by atoms with Crippen LogP contribution in [-0.2, 0) is 6.42 Å².